The van der Waals surface area contributed by atoms with Crippen molar-refractivity contribution in [3.8, 4) is 67.5 Å². The molecule has 0 spiro atoms. The van der Waals surface area contributed by atoms with E-state index in [2.05, 4.69) is 9.97 Å². The Morgan fingerprint density at radius 3 is 0.719 bits per heavy atom. The van der Waals surface area contributed by atoms with E-state index in [-0.39, 0.29) is 23.0 Å². The molecule has 3 aromatic heterocycles. The second-order valence-corrected chi connectivity index (χ2v) is 23.9. The molecule has 7 aromatic rings. The number of benzene rings is 4. The maximum absolute atomic E-state index is 11.1. The maximum Gasteiger partial charge on any atom is 0.229 e. The summed E-state index contributed by atoms with van der Waals surface area (Å²) in [7, 11) is 0. The van der Waals surface area contributed by atoms with Crippen LogP contribution in [0.5, 0.6) is 23.0 Å². The minimum Gasteiger partial charge on any atom is -0.462 e. The molecule has 4 fully saturated rings. The molecule has 6 aliphatic rings. The van der Waals surface area contributed by atoms with Gasteiger partial charge < -0.3 is 130 Å². The van der Waals surface area contributed by atoms with Gasteiger partial charge >= 0.3 is 0 Å². The first-order chi connectivity index (χ1) is 46.3. The van der Waals surface area contributed by atoms with E-state index in [1.807, 2.05) is 0 Å². The molecule has 9 heterocycles. The van der Waals surface area contributed by atoms with Gasteiger partial charge in [0.25, 0.3) is 0 Å². The highest BCUT2D eigenvalue weighted by Crippen LogP contribution is 2.42. The number of hydrogen-bond acceptors (Lipinski definition) is 26. The van der Waals surface area contributed by atoms with Gasteiger partial charge in [0.1, 0.15) is 121 Å². The van der Waals surface area contributed by atoms with Crippen LogP contribution >= 0.6 is 0 Å². The number of aromatic amines is 2. The Kier molecular flexibility index (Phi) is 19.2. The van der Waals surface area contributed by atoms with E-state index in [0.29, 0.717) is 89.4 Å². The molecule has 506 valence electrons. The Labute approximate surface area is 544 Å². The molecule has 13 rings (SSSR count). The lowest BCUT2D eigenvalue weighted by Gasteiger charge is -2.39. The standard InChI is InChI=1S/C68H70N4O24/c73-25-45-53(77)57(81)61(85)65(93-45)89-33-9-1-5-29(21-33)49-37-13-15-39(69-37)50(30-6-2-10-34(22-30)90-66-62(86)58(82)54(78)46(26-74)94-66)41-17-19-43(71-41)52(32-8-4-12-36(24-32)92-68-64(88)60(84)56(80)48(28-76)96-68)44-20-18-42(72-44)51(40-16-14-38(49)70-40)31-7-3-11-35(23-31)91-67-63(87)59(83)55(79)47(27-75)95-67/h1-24,45-48,53-69,72-88H,25-28H2/t45-,46-,47-,48-,53+,54+,55+,56+,57+,58+,59+,60+,61-,62-,63-,64-,65-,66-,67-,68-/m1/s1. The largest absolute Gasteiger partial charge is 0.462 e. The summed E-state index contributed by atoms with van der Waals surface area (Å²) in [6.07, 6.45) is -24.7. The first-order valence-corrected chi connectivity index (χ1v) is 30.8. The first-order valence-electron chi connectivity index (χ1n) is 30.8. The molecule has 0 amide bonds. The number of H-pyrrole nitrogens is 2. The summed E-state index contributed by atoms with van der Waals surface area (Å²) in [4.78, 5) is 17.9. The normalized spacial score (nSPS) is 31.2. The van der Waals surface area contributed by atoms with E-state index in [9.17, 15) is 81.7 Å². The molecule has 20 atom stereocenters. The summed E-state index contributed by atoms with van der Waals surface area (Å²) in [5, 5.41) is 169. The summed E-state index contributed by atoms with van der Waals surface area (Å²) in [6, 6.07) is 33.9. The summed E-state index contributed by atoms with van der Waals surface area (Å²) in [5.41, 5.74) is 7.20. The van der Waals surface area contributed by atoms with Crippen molar-refractivity contribution in [1.29, 1.82) is 0 Å². The third-order valence-electron chi connectivity index (χ3n) is 17.6. The molecule has 0 aliphatic carbocycles. The van der Waals surface area contributed by atoms with Crippen LogP contribution in [0.15, 0.2) is 121 Å². The number of aliphatic hydroxyl groups is 16. The Bertz CT molecular complexity index is 3680. The van der Waals surface area contributed by atoms with Gasteiger partial charge in [-0.1, -0.05) is 48.5 Å². The zero-order valence-electron chi connectivity index (χ0n) is 50.5. The predicted octanol–water partition coefficient (Wildman–Crippen LogP) is 0.0384. The number of aromatic nitrogens is 4. The number of hydrogen-bond donors (Lipinski definition) is 18. The number of aliphatic hydroxyl groups excluding tert-OH is 16. The molecule has 0 saturated carbocycles. The lowest BCUT2D eigenvalue weighted by Crippen LogP contribution is -2.60. The maximum atomic E-state index is 11.1. The lowest BCUT2D eigenvalue weighted by atomic mass is 9.99. The predicted molar refractivity (Wildman–Crippen MR) is 338 cm³/mol. The smallest absolute Gasteiger partial charge is 0.229 e. The van der Waals surface area contributed by atoms with Crippen LogP contribution in [-0.4, -0.2) is 251 Å². The molecular formula is C68H70N4O24. The molecule has 8 bridgehead atoms. The second-order valence-electron chi connectivity index (χ2n) is 23.9. The minimum atomic E-state index is -1.74. The van der Waals surface area contributed by atoms with Gasteiger partial charge in [0.2, 0.25) is 25.2 Å². The topological polar surface area (TPSA) is 455 Å². The van der Waals surface area contributed by atoms with Crippen molar-refractivity contribution in [2.75, 3.05) is 26.4 Å². The van der Waals surface area contributed by atoms with Crippen molar-refractivity contribution in [1.82, 2.24) is 19.9 Å². The van der Waals surface area contributed by atoms with Crippen LogP contribution in [0.1, 0.15) is 22.8 Å². The third-order valence-corrected chi connectivity index (χ3v) is 17.6. The van der Waals surface area contributed by atoms with Crippen molar-refractivity contribution >= 4 is 46.4 Å². The summed E-state index contributed by atoms with van der Waals surface area (Å²) < 4.78 is 47.6. The van der Waals surface area contributed by atoms with Crippen LogP contribution in [0.4, 0.5) is 0 Å². The number of nitrogens with one attached hydrogen (secondary N) is 2. The second kappa shape index (κ2) is 27.8. The van der Waals surface area contributed by atoms with Gasteiger partial charge in [-0.15, -0.1) is 0 Å². The molecule has 18 N–H and O–H groups in total. The van der Waals surface area contributed by atoms with E-state index in [4.69, 9.17) is 47.9 Å². The van der Waals surface area contributed by atoms with E-state index >= 15 is 0 Å². The fourth-order valence-corrected chi connectivity index (χ4v) is 12.5. The molecule has 96 heavy (non-hydrogen) atoms. The van der Waals surface area contributed by atoms with Crippen LogP contribution in [0.2, 0.25) is 0 Å². The Balaban J connectivity index is 1.03. The monoisotopic (exact) mass is 1330 g/mol. The van der Waals surface area contributed by atoms with Crippen molar-refractivity contribution in [2.24, 2.45) is 0 Å². The molecule has 0 radical (unpaired) electrons. The number of ether oxygens (including phenoxy) is 8. The molecular weight excluding hydrogens is 1260 g/mol. The molecule has 28 nitrogen and oxygen atoms in total. The van der Waals surface area contributed by atoms with Gasteiger partial charge in [0.15, 0.2) is 0 Å². The molecule has 0 unspecified atom stereocenters. The van der Waals surface area contributed by atoms with Crippen LogP contribution < -0.4 is 18.9 Å². The van der Waals surface area contributed by atoms with Gasteiger partial charge in [-0.3, -0.25) is 0 Å². The van der Waals surface area contributed by atoms with E-state index < -0.39 is 149 Å². The summed E-state index contributed by atoms with van der Waals surface area (Å²) in [6.45, 7) is -2.79. The van der Waals surface area contributed by atoms with Crippen molar-refractivity contribution in [2.45, 2.75) is 123 Å². The third kappa shape index (κ3) is 12.8. The van der Waals surface area contributed by atoms with Crippen LogP contribution in [0.25, 0.3) is 90.9 Å². The van der Waals surface area contributed by atoms with Crippen molar-refractivity contribution in [3.05, 3.63) is 144 Å². The summed E-state index contributed by atoms with van der Waals surface area (Å²) >= 11 is 0. The van der Waals surface area contributed by atoms with Gasteiger partial charge in [-0.2, -0.15) is 0 Å². The van der Waals surface area contributed by atoms with Gasteiger partial charge in [0.05, 0.1) is 49.2 Å². The first kappa shape index (κ1) is 66.5. The SMILES string of the molecule is OC[C@H]1O[C@@H](Oc2cccc(-c3c4nc(c(-c5cccc(O[C@@H]6O[C@H](CO)[C@H](O)[C@H](O)[C@H]6O)c5)c5ccc([nH]5)c(-c5cccc(O[C@@H]6O[C@H](CO)[C@H](O)[C@H](O)[C@H]6O)c5)c5nc(c(-c6cccc(O[C@@H]7O[C@H](CO)[C@H](O)[C@H](O)[C@H]7O)c6)c6ccc3[nH]6)C=C5)C=C4)c2)[C@H](O)[C@@H](O)[C@H]1O. The van der Waals surface area contributed by atoms with Gasteiger partial charge in [-0.25, -0.2) is 9.97 Å². The zero-order chi connectivity index (χ0) is 67.4. The average Bonchev–Trinajstić information content (AvgIpc) is 1.62. The highest BCUT2D eigenvalue weighted by molar-refractivity contribution is 6.00. The molecule has 4 aromatic carbocycles. The van der Waals surface area contributed by atoms with Gasteiger partial charge in [0, 0.05) is 44.3 Å². The highest BCUT2D eigenvalue weighted by atomic mass is 16.7. The Morgan fingerprint density at radius 1 is 0.292 bits per heavy atom. The van der Waals surface area contributed by atoms with Gasteiger partial charge in [-0.05, 0) is 119 Å². The minimum absolute atomic E-state index is 0.132. The average molecular weight is 1330 g/mol. The van der Waals surface area contributed by atoms with Crippen LogP contribution in [0.3, 0.4) is 0 Å². The quantitative estimate of drug-likeness (QED) is 0.0607. The van der Waals surface area contributed by atoms with Crippen molar-refractivity contribution < 1.29 is 120 Å². The van der Waals surface area contributed by atoms with E-state index in [1.165, 1.54) is 0 Å². The lowest BCUT2D eigenvalue weighted by molar-refractivity contribution is -0.277. The fraction of sp³-hybridized carbons (Fsp3) is 0.353. The molecule has 4 saturated heterocycles. The Morgan fingerprint density at radius 2 is 0.510 bits per heavy atom. The summed E-state index contributed by atoms with van der Waals surface area (Å²) in [5.74, 6) is 0.528. The molecule has 6 aliphatic heterocycles. The zero-order valence-corrected chi connectivity index (χ0v) is 50.5. The molecule has 28 heteroatoms. The fourth-order valence-electron chi connectivity index (χ4n) is 12.5. The number of rotatable bonds is 16. The highest BCUT2D eigenvalue weighted by Gasteiger charge is 2.48. The van der Waals surface area contributed by atoms with E-state index in [1.54, 1.807) is 146 Å². The number of nitrogens with zero attached hydrogens (tertiary/aromatic N) is 2. The van der Waals surface area contributed by atoms with Crippen LogP contribution in [-0.2, 0) is 18.9 Å². The van der Waals surface area contributed by atoms with E-state index in [0.717, 1.165) is 0 Å². The Hall–Kier alpha value is -8.12. The van der Waals surface area contributed by atoms with Crippen molar-refractivity contribution in [3.63, 3.8) is 0 Å². The van der Waals surface area contributed by atoms with Crippen LogP contribution in [0, 0.1) is 0 Å². The number of fused-ring (bicyclic) bond motifs is 8.